The second kappa shape index (κ2) is 5.25. The molecule has 2 aromatic heterocycles. The molecule has 2 aromatic rings. The first-order valence-electron chi connectivity index (χ1n) is 4.83. The van der Waals surface area contributed by atoms with Crippen molar-refractivity contribution in [3.05, 3.63) is 52.8 Å². The molecule has 0 atom stereocenters. The minimum Gasteiger partial charge on any atom is -0.475 e. The second-order valence-corrected chi connectivity index (χ2v) is 3.68. The van der Waals surface area contributed by atoms with Crippen molar-refractivity contribution >= 4 is 17.6 Å². The molecule has 1 N–H and O–H groups in total. The van der Waals surface area contributed by atoms with E-state index in [9.17, 15) is 4.79 Å². The van der Waals surface area contributed by atoms with Gasteiger partial charge >= 0.3 is 5.97 Å². The highest BCUT2D eigenvalue weighted by molar-refractivity contribution is 6.30. The molecule has 0 aromatic carbocycles. The van der Waals surface area contributed by atoms with Crippen LogP contribution in [0.15, 0.2) is 30.9 Å². The summed E-state index contributed by atoms with van der Waals surface area (Å²) >= 11 is 5.76. The molecule has 6 heteroatoms. The standard InChI is InChI=1S/C12H6ClN3O2/c13-10-3-8(4-14-7-10)1-2-9-5-15-11(12(17)18)16-6-9/h3-7H,(H,17,18). The summed E-state index contributed by atoms with van der Waals surface area (Å²) < 4.78 is 0. The molecule has 5 nitrogen and oxygen atoms in total. The molecule has 2 heterocycles. The first-order chi connectivity index (χ1) is 8.65. The van der Waals surface area contributed by atoms with Crippen molar-refractivity contribution in [1.29, 1.82) is 0 Å². The normalized spacial score (nSPS) is 9.39. The van der Waals surface area contributed by atoms with Crippen molar-refractivity contribution in [1.82, 2.24) is 15.0 Å². The molecule has 0 radical (unpaired) electrons. The van der Waals surface area contributed by atoms with Crippen LogP contribution in [0.3, 0.4) is 0 Å². The van der Waals surface area contributed by atoms with Gasteiger partial charge in [-0.05, 0) is 6.07 Å². The fourth-order valence-corrected chi connectivity index (χ4v) is 1.30. The van der Waals surface area contributed by atoms with E-state index in [2.05, 4.69) is 26.8 Å². The lowest BCUT2D eigenvalue weighted by Gasteiger charge is -1.92. The zero-order chi connectivity index (χ0) is 13.0. The average Bonchev–Trinajstić information content (AvgIpc) is 2.37. The Hall–Kier alpha value is -2.45. The van der Waals surface area contributed by atoms with E-state index >= 15 is 0 Å². The predicted molar refractivity (Wildman–Crippen MR) is 64.2 cm³/mol. The third-order valence-electron chi connectivity index (χ3n) is 1.90. The van der Waals surface area contributed by atoms with Crippen molar-refractivity contribution in [2.75, 3.05) is 0 Å². The Morgan fingerprint density at radius 1 is 1.11 bits per heavy atom. The van der Waals surface area contributed by atoms with Crippen molar-refractivity contribution in [3.63, 3.8) is 0 Å². The number of nitrogens with zero attached hydrogens (tertiary/aromatic N) is 3. The predicted octanol–water partition coefficient (Wildman–Crippen LogP) is 1.62. The number of carboxylic acids is 1. The molecule has 88 valence electrons. The van der Waals surface area contributed by atoms with E-state index in [1.54, 1.807) is 12.3 Å². The molecule has 0 fully saturated rings. The minimum atomic E-state index is -1.17. The number of hydrogen-bond acceptors (Lipinski definition) is 4. The lowest BCUT2D eigenvalue weighted by molar-refractivity contribution is 0.0683. The minimum absolute atomic E-state index is 0.259. The number of rotatable bonds is 1. The highest BCUT2D eigenvalue weighted by Crippen LogP contribution is 2.07. The molecule has 0 saturated carbocycles. The van der Waals surface area contributed by atoms with E-state index in [1.807, 2.05) is 0 Å². The van der Waals surface area contributed by atoms with E-state index in [1.165, 1.54) is 18.6 Å². The summed E-state index contributed by atoms with van der Waals surface area (Å²) in [6.45, 7) is 0. The Bertz CT molecular complexity index is 644. The van der Waals surface area contributed by atoms with E-state index in [0.29, 0.717) is 16.1 Å². The van der Waals surface area contributed by atoms with Gasteiger partial charge < -0.3 is 5.11 Å². The Balaban J connectivity index is 2.22. The van der Waals surface area contributed by atoms with Crippen molar-refractivity contribution < 1.29 is 9.90 Å². The maximum atomic E-state index is 10.5. The summed E-state index contributed by atoms with van der Waals surface area (Å²) in [5.74, 6) is 4.18. The zero-order valence-corrected chi connectivity index (χ0v) is 9.72. The maximum Gasteiger partial charge on any atom is 0.373 e. The topological polar surface area (TPSA) is 76.0 Å². The van der Waals surface area contributed by atoms with Gasteiger partial charge in [-0.15, -0.1) is 0 Å². The molecule has 0 spiro atoms. The smallest absolute Gasteiger partial charge is 0.373 e. The Morgan fingerprint density at radius 3 is 2.39 bits per heavy atom. The highest BCUT2D eigenvalue weighted by Gasteiger charge is 2.04. The highest BCUT2D eigenvalue weighted by atomic mass is 35.5. The molecule has 0 aliphatic rings. The Morgan fingerprint density at radius 2 is 1.78 bits per heavy atom. The fraction of sp³-hybridized carbons (Fsp3) is 0. The third kappa shape index (κ3) is 3.03. The Kier molecular flexibility index (Phi) is 3.51. The molecular weight excluding hydrogens is 254 g/mol. The maximum absolute atomic E-state index is 10.5. The molecule has 18 heavy (non-hydrogen) atoms. The van der Waals surface area contributed by atoms with Gasteiger partial charge in [-0.3, -0.25) is 4.98 Å². The number of hydrogen-bond donors (Lipinski definition) is 1. The lowest BCUT2D eigenvalue weighted by atomic mass is 10.2. The van der Waals surface area contributed by atoms with Gasteiger partial charge in [0, 0.05) is 30.4 Å². The monoisotopic (exact) mass is 259 g/mol. The summed E-state index contributed by atoms with van der Waals surface area (Å²) in [5.41, 5.74) is 1.17. The van der Waals surface area contributed by atoms with Gasteiger partial charge in [0.1, 0.15) is 0 Å². The van der Waals surface area contributed by atoms with Gasteiger partial charge in [-0.2, -0.15) is 0 Å². The van der Waals surface area contributed by atoms with Crippen LogP contribution in [0.2, 0.25) is 5.02 Å². The summed E-state index contributed by atoms with van der Waals surface area (Å²) in [5, 5.41) is 9.13. The third-order valence-corrected chi connectivity index (χ3v) is 2.11. The number of halogens is 1. The lowest BCUT2D eigenvalue weighted by Crippen LogP contribution is -2.03. The van der Waals surface area contributed by atoms with Crippen molar-refractivity contribution in [2.45, 2.75) is 0 Å². The van der Waals surface area contributed by atoms with Gasteiger partial charge in [0.2, 0.25) is 5.82 Å². The second-order valence-electron chi connectivity index (χ2n) is 3.24. The van der Waals surface area contributed by atoms with Crippen LogP contribution in [0.1, 0.15) is 21.7 Å². The molecule has 0 saturated heterocycles. The molecule has 0 amide bonds. The summed E-state index contributed by atoms with van der Waals surface area (Å²) in [6, 6.07) is 1.67. The number of pyridine rings is 1. The SMILES string of the molecule is O=C(O)c1ncc(C#Cc2cncc(Cl)c2)cn1. The van der Waals surface area contributed by atoms with Crippen LogP contribution in [0.25, 0.3) is 0 Å². The summed E-state index contributed by atoms with van der Waals surface area (Å²) in [4.78, 5) is 21.7. The fourth-order valence-electron chi connectivity index (χ4n) is 1.13. The molecule has 0 bridgehead atoms. The Labute approximate surface area is 108 Å². The largest absolute Gasteiger partial charge is 0.475 e. The number of aromatic carboxylic acids is 1. The van der Waals surface area contributed by atoms with Crippen LogP contribution in [-0.4, -0.2) is 26.0 Å². The number of carbonyl (C=O) groups is 1. The molecule has 0 unspecified atom stereocenters. The first-order valence-corrected chi connectivity index (χ1v) is 5.21. The van der Waals surface area contributed by atoms with Gasteiger partial charge in [0.15, 0.2) is 0 Å². The first kappa shape index (κ1) is 12.0. The molecule has 0 aliphatic heterocycles. The summed E-state index contributed by atoms with van der Waals surface area (Å²) in [7, 11) is 0. The van der Waals surface area contributed by atoms with Crippen LogP contribution in [0, 0.1) is 11.8 Å². The van der Waals surface area contributed by atoms with E-state index in [-0.39, 0.29) is 5.82 Å². The van der Waals surface area contributed by atoms with Gasteiger partial charge in [0.05, 0.1) is 10.6 Å². The van der Waals surface area contributed by atoms with Crippen LogP contribution in [0.4, 0.5) is 0 Å². The van der Waals surface area contributed by atoms with Gasteiger partial charge in [-0.1, -0.05) is 23.4 Å². The zero-order valence-electron chi connectivity index (χ0n) is 8.96. The number of carboxylic acid groups (broad SMARTS) is 1. The van der Waals surface area contributed by atoms with E-state index in [4.69, 9.17) is 16.7 Å². The van der Waals surface area contributed by atoms with Crippen molar-refractivity contribution in [2.24, 2.45) is 0 Å². The van der Waals surface area contributed by atoms with Crippen LogP contribution >= 0.6 is 11.6 Å². The average molecular weight is 260 g/mol. The van der Waals surface area contributed by atoms with Gasteiger partial charge in [0.25, 0.3) is 0 Å². The molecular formula is C12H6ClN3O2. The van der Waals surface area contributed by atoms with Crippen LogP contribution in [-0.2, 0) is 0 Å². The van der Waals surface area contributed by atoms with Crippen LogP contribution < -0.4 is 0 Å². The molecule has 2 rings (SSSR count). The molecule has 0 aliphatic carbocycles. The van der Waals surface area contributed by atoms with Crippen LogP contribution in [0.5, 0.6) is 0 Å². The van der Waals surface area contributed by atoms with Crippen molar-refractivity contribution in [3.8, 4) is 11.8 Å². The number of aromatic nitrogens is 3. The quantitative estimate of drug-likeness (QED) is 0.788. The van der Waals surface area contributed by atoms with E-state index < -0.39 is 5.97 Å². The van der Waals surface area contributed by atoms with E-state index in [0.717, 1.165) is 0 Å². The van der Waals surface area contributed by atoms with Gasteiger partial charge in [-0.25, -0.2) is 14.8 Å². The summed E-state index contributed by atoms with van der Waals surface area (Å²) in [6.07, 6.45) is 5.78.